The number of halogens is 3. The second kappa shape index (κ2) is 8.22. The van der Waals surface area contributed by atoms with Gasteiger partial charge in [0.15, 0.2) is 0 Å². The average Bonchev–Trinajstić information content (AvgIpc) is 3.21. The summed E-state index contributed by atoms with van der Waals surface area (Å²) in [7, 11) is 0. The van der Waals surface area contributed by atoms with Crippen LogP contribution < -0.4 is 0 Å². The maximum Gasteiger partial charge on any atom is 0.493 e. The fourth-order valence-electron chi connectivity index (χ4n) is 3.57. The minimum Gasteiger partial charge on any atom is -0.329 e. The number of hydrogen-bond acceptors (Lipinski definition) is 4. The van der Waals surface area contributed by atoms with Crippen LogP contribution in [0.4, 0.5) is 13.2 Å². The van der Waals surface area contributed by atoms with E-state index in [4.69, 9.17) is 0 Å². The van der Waals surface area contributed by atoms with E-state index in [-0.39, 0.29) is 5.56 Å². The zero-order valence-corrected chi connectivity index (χ0v) is 16.2. The van der Waals surface area contributed by atoms with E-state index in [0.717, 1.165) is 16.7 Å². The molecule has 1 aliphatic rings. The summed E-state index contributed by atoms with van der Waals surface area (Å²) in [4.78, 5) is 33.4. The van der Waals surface area contributed by atoms with Gasteiger partial charge in [-0.1, -0.05) is 42.5 Å². The van der Waals surface area contributed by atoms with E-state index in [1.807, 2.05) is 30.3 Å². The Bertz CT molecular complexity index is 1070. The van der Waals surface area contributed by atoms with Crippen molar-refractivity contribution in [1.82, 2.24) is 10.0 Å². The first-order chi connectivity index (χ1) is 14.8. The van der Waals surface area contributed by atoms with Gasteiger partial charge in [0.25, 0.3) is 5.91 Å². The number of benzene rings is 2. The van der Waals surface area contributed by atoms with Crippen molar-refractivity contribution in [3.63, 3.8) is 0 Å². The van der Waals surface area contributed by atoms with E-state index in [0.29, 0.717) is 23.6 Å². The summed E-state index contributed by atoms with van der Waals surface area (Å²) >= 11 is 0. The van der Waals surface area contributed by atoms with Crippen LogP contribution in [0.15, 0.2) is 72.9 Å². The van der Waals surface area contributed by atoms with Crippen molar-refractivity contribution in [2.24, 2.45) is 0 Å². The first-order valence-corrected chi connectivity index (χ1v) is 9.54. The lowest BCUT2D eigenvalue weighted by atomic mass is 10.1. The number of nitrogens with zero attached hydrogens (tertiary/aromatic N) is 2. The van der Waals surface area contributed by atoms with Crippen LogP contribution in [0, 0.1) is 0 Å². The van der Waals surface area contributed by atoms with E-state index in [1.165, 1.54) is 12.1 Å². The molecule has 0 aliphatic heterocycles. The molecule has 0 spiro atoms. The van der Waals surface area contributed by atoms with Gasteiger partial charge in [-0.15, -0.1) is 0 Å². The summed E-state index contributed by atoms with van der Waals surface area (Å²) in [5.74, 6) is -3.25. The molecular weight excluding hydrogens is 409 g/mol. The summed E-state index contributed by atoms with van der Waals surface area (Å²) in [6.45, 7) is 0. The van der Waals surface area contributed by atoms with Gasteiger partial charge >= 0.3 is 12.1 Å². The maximum atomic E-state index is 13.1. The number of fused-ring (bicyclic) bond motifs is 1. The Labute approximate surface area is 176 Å². The Morgan fingerprint density at radius 3 is 2.06 bits per heavy atom. The molecule has 31 heavy (non-hydrogen) atoms. The molecule has 158 valence electrons. The minimum atomic E-state index is -5.22. The molecule has 0 N–H and O–H groups in total. The van der Waals surface area contributed by atoms with Crippen LogP contribution in [0.5, 0.6) is 0 Å². The molecule has 0 atom stereocenters. The number of pyridine rings is 1. The highest BCUT2D eigenvalue weighted by Gasteiger charge is 2.45. The van der Waals surface area contributed by atoms with Gasteiger partial charge in [-0.3, -0.25) is 9.78 Å². The van der Waals surface area contributed by atoms with E-state index >= 15 is 0 Å². The lowest BCUT2D eigenvalue weighted by Crippen LogP contribution is -2.45. The molecule has 1 aliphatic carbocycles. The number of hydroxylamine groups is 2. The zero-order chi connectivity index (χ0) is 22.0. The van der Waals surface area contributed by atoms with Gasteiger partial charge in [-0.05, 0) is 48.2 Å². The Balaban J connectivity index is 1.60. The number of hydrogen-bond donors (Lipinski definition) is 0. The molecule has 1 aromatic heterocycles. The van der Waals surface area contributed by atoms with Crippen LogP contribution in [0.2, 0.25) is 0 Å². The van der Waals surface area contributed by atoms with Crippen LogP contribution in [-0.2, 0) is 22.5 Å². The fourth-order valence-corrected chi connectivity index (χ4v) is 3.57. The van der Waals surface area contributed by atoms with Gasteiger partial charge in [0.1, 0.15) is 0 Å². The summed E-state index contributed by atoms with van der Waals surface area (Å²) in [5, 5.41) is 0.561. The van der Waals surface area contributed by atoms with Crippen LogP contribution in [0.25, 0.3) is 11.3 Å². The molecule has 3 aromatic rings. The van der Waals surface area contributed by atoms with Gasteiger partial charge in [-0.2, -0.15) is 18.2 Å². The SMILES string of the molecule is O=C(c1ccc(-c2ccccn2)cc1)N(OC(=O)C(F)(F)F)C1Cc2ccccc2C1. The molecule has 4 rings (SSSR count). The average molecular weight is 426 g/mol. The molecule has 0 saturated heterocycles. The van der Waals surface area contributed by atoms with Crippen molar-refractivity contribution >= 4 is 11.9 Å². The van der Waals surface area contributed by atoms with E-state index in [2.05, 4.69) is 9.82 Å². The van der Waals surface area contributed by atoms with Crippen LogP contribution in [0.3, 0.4) is 0 Å². The lowest BCUT2D eigenvalue weighted by Gasteiger charge is -2.27. The first kappa shape index (κ1) is 20.6. The first-order valence-electron chi connectivity index (χ1n) is 9.54. The smallest absolute Gasteiger partial charge is 0.329 e. The Morgan fingerprint density at radius 1 is 0.903 bits per heavy atom. The predicted molar refractivity (Wildman–Crippen MR) is 106 cm³/mol. The van der Waals surface area contributed by atoms with Crippen molar-refractivity contribution in [2.45, 2.75) is 25.1 Å². The van der Waals surface area contributed by atoms with Gasteiger partial charge in [-0.25, -0.2) is 4.79 Å². The Kier molecular flexibility index (Phi) is 5.46. The summed E-state index contributed by atoms with van der Waals surface area (Å²) in [6.07, 6.45) is -3.00. The van der Waals surface area contributed by atoms with Gasteiger partial charge < -0.3 is 4.84 Å². The summed E-state index contributed by atoms with van der Waals surface area (Å²) in [5.41, 5.74) is 3.33. The molecule has 1 amide bonds. The van der Waals surface area contributed by atoms with Crippen molar-refractivity contribution in [3.05, 3.63) is 89.6 Å². The van der Waals surface area contributed by atoms with E-state index in [1.54, 1.807) is 30.5 Å². The third kappa shape index (κ3) is 4.42. The molecule has 2 aromatic carbocycles. The van der Waals surface area contributed by atoms with E-state index < -0.39 is 24.1 Å². The minimum absolute atomic E-state index is 0.102. The third-order valence-electron chi connectivity index (χ3n) is 5.07. The summed E-state index contributed by atoms with van der Waals surface area (Å²) in [6, 6.07) is 18.2. The van der Waals surface area contributed by atoms with E-state index in [9.17, 15) is 22.8 Å². The Hall–Kier alpha value is -3.68. The standard InChI is InChI=1S/C23H17F3N2O3/c24-23(25,26)22(30)31-28(19-13-17-5-1-2-6-18(17)14-19)21(29)16-10-8-15(9-11-16)20-7-3-4-12-27-20/h1-12,19H,13-14H2. The van der Waals surface area contributed by atoms with Crippen LogP contribution >= 0.6 is 0 Å². The van der Waals surface area contributed by atoms with Crippen LogP contribution in [-0.4, -0.2) is 34.1 Å². The van der Waals surface area contributed by atoms with Crippen molar-refractivity contribution in [2.75, 3.05) is 0 Å². The normalized spacial score (nSPS) is 13.5. The second-order valence-corrected chi connectivity index (χ2v) is 7.13. The molecule has 0 radical (unpaired) electrons. The van der Waals surface area contributed by atoms with Gasteiger partial charge in [0.2, 0.25) is 0 Å². The topological polar surface area (TPSA) is 59.5 Å². The lowest BCUT2D eigenvalue weighted by molar-refractivity contribution is -0.233. The molecular formula is C23H17F3N2O3. The maximum absolute atomic E-state index is 13.1. The third-order valence-corrected chi connectivity index (χ3v) is 5.07. The number of carbonyl (C=O) groups excluding carboxylic acids is 2. The molecule has 0 bridgehead atoms. The largest absolute Gasteiger partial charge is 0.493 e. The van der Waals surface area contributed by atoms with Gasteiger partial charge in [0, 0.05) is 17.3 Å². The molecule has 0 saturated carbocycles. The molecule has 0 unspecified atom stereocenters. The Morgan fingerprint density at radius 2 is 1.52 bits per heavy atom. The van der Waals surface area contributed by atoms with Crippen molar-refractivity contribution in [3.8, 4) is 11.3 Å². The number of aromatic nitrogens is 1. The molecule has 5 nitrogen and oxygen atoms in total. The summed E-state index contributed by atoms with van der Waals surface area (Å²) < 4.78 is 38.5. The van der Waals surface area contributed by atoms with Crippen molar-refractivity contribution in [1.29, 1.82) is 0 Å². The predicted octanol–water partition coefficient (Wildman–Crippen LogP) is 4.38. The highest BCUT2D eigenvalue weighted by molar-refractivity contribution is 5.95. The van der Waals surface area contributed by atoms with Gasteiger partial charge in [0.05, 0.1) is 11.7 Å². The highest BCUT2D eigenvalue weighted by atomic mass is 19.4. The molecule has 1 heterocycles. The number of amides is 1. The zero-order valence-electron chi connectivity index (χ0n) is 16.2. The molecule has 8 heteroatoms. The monoisotopic (exact) mass is 426 g/mol. The highest BCUT2D eigenvalue weighted by Crippen LogP contribution is 2.29. The fraction of sp³-hybridized carbons (Fsp3) is 0.174. The van der Waals surface area contributed by atoms with Crippen LogP contribution in [0.1, 0.15) is 21.5 Å². The molecule has 0 fully saturated rings. The number of carbonyl (C=O) groups is 2. The van der Waals surface area contributed by atoms with Crippen molar-refractivity contribution < 1.29 is 27.6 Å². The quantitative estimate of drug-likeness (QED) is 0.584. The number of rotatable bonds is 3. The second-order valence-electron chi connectivity index (χ2n) is 7.13. The number of alkyl halides is 3.